The lowest BCUT2D eigenvalue weighted by molar-refractivity contribution is 0.509. The van der Waals surface area contributed by atoms with E-state index in [-0.39, 0.29) is 10.8 Å². The van der Waals surface area contributed by atoms with E-state index >= 15 is 0 Å². The van der Waals surface area contributed by atoms with Crippen LogP contribution in [0.15, 0.2) is 9.95 Å². The van der Waals surface area contributed by atoms with Crippen molar-refractivity contribution in [2.45, 2.75) is 43.5 Å². The molecular weight excluding hydrogens is 344 g/mol. The lowest BCUT2D eigenvalue weighted by Gasteiger charge is -2.17. The number of hydrogen-bond donors (Lipinski definition) is 1. The molecule has 24 heavy (non-hydrogen) atoms. The molecule has 1 N–H and O–H groups in total. The number of aromatic amines is 1. The van der Waals surface area contributed by atoms with Gasteiger partial charge >= 0.3 is 0 Å². The molecule has 2 atom stereocenters. The molecule has 1 aliphatic rings. The molecule has 0 amide bonds. The van der Waals surface area contributed by atoms with Crippen LogP contribution in [0.5, 0.6) is 0 Å². The molecule has 0 spiro atoms. The van der Waals surface area contributed by atoms with E-state index in [1.807, 2.05) is 6.92 Å². The molecule has 3 aromatic rings. The summed E-state index contributed by atoms with van der Waals surface area (Å²) in [5.74, 6) is 1.36. The molecule has 0 unspecified atom stereocenters. The van der Waals surface area contributed by atoms with E-state index < -0.39 is 0 Å². The maximum absolute atomic E-state index is 12.6. The summed E-state index contributed by atoms with van der Waals surface area (Å²) < 4.78 is 1.61. The Morgan fingerprint density at radius 1 is 1.46 bits per heavy atom. The SMILES string of the molecule is C[C@@H]1CCc2c(sc3nc([C@H](C)Sc4nnnn4C)[nH]c(=O)c23)C1. The van der Waals surface area contributed by atoms with Crippen LogP contribution in [0.4, 0.5) is 0 Å². The molecule has 0 saturated heterocycles. The van der Waals surface area contributed by atoms with Gasteiger partial charge in [-0.15, -0.1) is 16.4 Å². The van der Waals surface area contributed by atoms with Crippen LogP contribution in [0, 0.1) is 5.92 Å². The van der Waals surface area contributed by atoms with E-state index in [1.165, 1.54) is 22.2 Å². The summed E-state index contributed by atoms with van der Waals surface area (Å²) in [6.45, 7) is 4.27. The van der Waals surface area contributed by atoms with Crippen LogP contribution < -0.4 is 5.56 Å². The van der Waals surface area contributed by atoms with Crippen molar-refractivity contribution in [3.05, 3.63) is 26.6 Å². The third-order valence-electron chi connectivity index (χ3n) is 4.43. The van der Waals surface area contributed by atoms with Gasteiger partial charge < -0.3 is 4.98 Å². The van der Waals surface area contributed by atoms with E-state index in [0.717, 1.165) is 29.5 Å². The van der Waals surface area contributed by atoms with Crippen LogP contribution in [0.25, 0.3) is 10.2 Å². The number of aryl methyl sites for hydroxylation is 2. The minimum absolute atomic E-state index is 0.0226. The summed E-state index contributed by atoms with van der Waals surface area (Å²) >= 11 is 3.16. The second kappa shape index (κ2) is 5.96. The first-order chi connectivity index (χ1) is 11.5. The van der Waals surface area contributed by atoms with Gasteiger partial charge in [0, 0.05) is 11.9 Å². The Bertz CT molecular complexity index is 959. The van der Waals surface area contributed by atoms with Gasteiger partial charge in [0.25, 0.3) is 5.56 Å². The molecule has 4 rings (SSSR count). The number of thiophene rings is 1. The highest BCUT2D eigenvalue weighted by Crippen LogP contribution is 2.37. The fraction of sp³-hybridized carbons (Fsp3) is 0.533. The monoisotopic (exact) mass is 362 g/mol. The van der Waals surface area contributed by atoms with Crippen LogP contribution in [0.3, 0.4) is 0 Å². The molecule has 0 fully saturated rings. The van der Waals surface area contributed by atoms with Crippen molar-refractivity contribution in [1.29, 1.82) is 0 Å². The highest BCUT2D eigenvalue weighted by atomic mass is 32.2. The number of hydrogen-bond acceptors (Lipinski definition) is 7. The van der Waals surface area contributed by atoms with Gasteiger partial charge in [0.15, 0.2) is 0 Å². The van der Waals surface area contributed by atoms with E-state index in [4.69, 9.17) is 4.98 Å². The van der Waals surface area contributed by atoms with Gasteiger partial charge in [-0.2, -0.15) is 0 Å². The van der Waals surface area contributed by atoms with E-state index in [0.29, 0.717) is 16.9 Å². The molecule has 0 aliphatic heterocycles. The Morgan fingerprint density at radius 2 is 2.29 bits per heavy atom. The molecule has 1 aliphatic carbocycles. The topological polar surface area (TPSA) is 89.3 Å². The maximum atomic E-state index is 12.6. The smallest absolute Gasteiger partial charge is 0.259 e. The molecular formula is C15H18N6OS2. The number of tetrazole rings is 1. The number of aromatic nitrogens is 6. The molecule has 9 heteroatoms. The summed E-state index contributed by atoms with van der Waals surface area (Å²) in [6, 6.07) is 0. The van der Waals surface area contributed by atoms with Crippen molar-refractivity contribution in [2.75, 3.05) is 0 Å². The summed E-state index contributed by atoms with van der Waals surface area (Å²) in [4.78, 5) is 22.5. The average molecular weight is 362 g/mol. The van der Waals surface area contributed by atoms with Gasteiger partial charge in [-0.1, -0.05) is 18.7 Å². The number of fused-ring (bicyclic) bond motifs is 3. The predicted octanol–water partition coefficient (Wildman–Crippen LogP) is 2.49. The Labute approximate surface area is 146 Å². The Kier molecular flexibility index (Phi) is 3.92. The first kappa shape index (κ1) is 15.8. The minimum Gasteiger partial charge on any atom is -0.309 e. The lowest BCUT2D eigenvalue weighted by atomic mass is 9.89. The van der Waals surface area contributed by atoms with Gasteiger partial charge in [0.1, 0.15) is 10.7 Å². The largest absolute Gasteiger partial charge is 0.309 e. The molecule has 7 nitrogen and oxygen atoms in total. The van der Waals surface area contributed by atoms with Crippen molar-refractivity contribution >= 4 is 33.3 Å². The molecule has 3 aromatic heterocycles. The molecule has 0 radical (unpaired) electrons. The Balaban J connectivity index is 1.73. The number of rotatable bonds is 3. The summed E-state index contributed by atoms with van der Waals surface area (Å²) in [5.41, 5.74) is 1.19. The quantitative estimate of drug-likeness (QED) is 0.720. The highest BCUT2D eigenvalue weighted by molar-refractivity contribution is 7.99. The average Bonchev–Trinajstić information content (AvgIpc) is 3.10. The summed E-state index contributed by atoms with van der Waals surface area (Å²) in [7, 11) is 1.79. The van der Waals surface area contributed by atoms with Crippen LogP contribution in [-0.2, 0) is 19.9 Å². The van der Waals surface area contributed by atoms with Gasteiger partial charge in [-0.3, -0.25) is 4.79 Å². The second-order valence-corrected chi connectivity index (χ2v) is 8.72. The fourth-order valence-electron chi connectivity index (χ4n) is 3.09. The lowest BCUT2D eigenvalue weighted by Crippen LogP contribution is -2.15. The maximum Gasteiger partial charge on any atom is 0.259 e. The van der Waals surface area contributed by atoms with Crippen molar-refractivity contribution in [2.24, 2.45) is 13.0 Å². The normalized spacial score (nSPS) is 18.7. The number of H-pyrrole nitrogens is 1. The zero-order valence-electron chi connectivity index (χ0n) is 13.7. The summed E-state index contributed by atoms with van der Waals surface area (Å²) in [6.07, 6.45) is 3.18. The number of thioether (sulfide) groups is 1. The van der Waals surface area contributed by atoms with Crippen molar-refractivity contribution in [3.63, 3.8) is 0 Å². The Morgan fingerprint density at radius 3 is 3.04 bits per heavy atom. The summed E-state index contributed by atoms with van der Waals surface area (Å²) in [5, 5.41) is 12.9. The van der Waals surface area contributed by atoms with Gasteiger partial charge in [-0.25, -0.2) is 9.67 Å². The molecule has 0 saturated carbocycles. The third-order valence-corrected chi connectivity index (χ3v) is 6.71. The third kappa shape index (κ3) is 2.65. The van der Waals surface area contributed by atoms with Gasteiger partial charge in [0.05, 0.1) is 10.6 Å². The number of nitrogens with zero attached hydrogens (tertiary/aromatic N) is 5. The number of nitrogens with one attached hydrogen (secondary N) is 1. The van der Waals surface area contributed by atoms with Crippen LogP contribution >= 0.6 is 23.1 Å². The van der Waals surface area contributed by atoms with Crippen molar-refractivity contribution in [1.82, 2.24) is 30.2 Å². The van der Waals surface area contributed by atoms with E-state index in [2.05, 4.69) is 27.4 Å². The molecule has 3 heterocycles. The zero-order valence-corrected chi connectivity index (χ0v) is 15.4. The highest BCUT2D eigenvalue weighted by Gasteiger charge is 2.24. The fourth-order valence-corrected chi connectivity index (χ4v) is 5.30. The first-order valence-electron chi connectivity index (χ1n) is 7.96. The molecule has 0 aromatic carbocycles. The van der Waals surface area contributed by atoms with E-state index in [9.17, 15) is 4.79 Å². The van der Waals surface area contributed by atoms with Gasteiger partial charge in [0.2, 0.25) is 5.16 Å². The minimum atomic E-state index is -0.0372. The zero-order chi connectivity index (χ0) is 16.8. The van der Waals surface area contributed by atoms with Crippen LogP contribution in [0.1, 0.15) is 41.8 Å². The molecule has 0 bridgehead atoms. The van der Waals surface area contributed by atoms with Crippen molar-refractivity contribution < 1.29 is 0 Å². The van der Waals surface area contributed by atoms with Crippen molar-refractivity contribution in [3.8, 4) is 0 Å². The molecule has 126 valence electrons. The standard InChI is InChI=1S/C15H18N6OS2/c1-7-4-5-9-10(6-7)24-14-11(9)13(22)16-12(17-14)8(2)23-15-18-19-20-21(15)3/h7-8H,4-6H2,1-3H3,(H,16,17,22)/t7-,8+/m1/s1. The first-order valence-corrected chi connectivity index (χ1v) is 9.66. The van der Waals surface area contributed by atoms with Gasteiger partial charge in [-0.05, 0) is 48.1 Å². The Hall–Kier alpha value is -1.74. The predicted molar refractivity (Wildman–Crippen MR) is 94.5 cm³/mol. The second-order valence-electron chi connectivity index (χ2n) is 6.33. The van der Waals surface area contributed by atoms with Crippen LogP contribution in [-0.4, -0.2) is 30.2 Å². The van der Waals surface area contributed by atoms with Crippen LogP contribution in [0.2, 0.25) is 0 Å². The van der Waals surface area contributed by atoms with E-state index in [1.54, 1.807) is 23.1 Å².